The summed E-state index contributed by atoms with van der Waals surface area (Å²) in [5.74, 6) is 0.0923. The maximum absolute atomic E-state index is 11.8. The average Bonchev–Trinajstić information content (AvgIpc) is 2.79. The largest absolute Gasteiger partial charge is 0.304 e. The maximum Gasteiger partial charge on any atom is 0.161 e. The Balaban J connectivity index is 2.15. The number of Topliss-reactive ketones (excluding diaryl/α,β-unsaturated/α-hetero) is 1. The molecule has 3 rings (SSSR count). The van der Waals surface area contributed by atoms with Crippen molar-refractivity contribution in [3.05, 3.63) is 71.8 Å². The predicted octanol–water partition coefficient (Wildman–Crippen LogP) is 3.13. The van der Waals surface area contributed by atoms with E-state index in [4.69, 9.17) is 0 Å². The van der Waals surface area contributed by atoms with Crippen molar-refractivity contribution in [1.29, 1.82) is 0 Å². The molecule has 2 heterocycles. The van der Waals surface area contributed by atoms with Crippen LogP contribution < -0.4 is 0 Å². The Kier molecular flexibility index (Phi) is 2.88. The zero-order valence-corrected chi connectivity index (χ0v) is 10.7. The van der Waals surface area contributed by atoms with Crippen LogP contribution in [0.15, 0.2) is 55.0 Å². The third-order valence-electron chi connectivity index (χ3n) is 3.28. The number of aromatic nitrogens is 2. The predicted molar refractivity (Wildman–Crippen MR) is 74.4 cm³/mol. The molecule has 0 aliphatic rings. The van der Waals surface area contributed by atoms with Crippen LogP contribution in [0, 0.1) is 0 Å². The van der Waals surface area contributed by atoms with E-state index >= 15 is 0 Å². The molecule has 0 saturated carbocycles. The van der Waals surface area contributed by atoms with Crippen LogP contribution in [0.2, 0.25) is 0 Å². The fourth-order valence-corrected chi connectivity index (χ4v) is 2.35. The highest BCUT2D eigenvalue weighted by molar-refractivity contribution is 5.97. The van der Waals surface area contributed by atoms with Gasteiger partial charge in [0, 0.05) is 29.4 Å². The molecule has 0 atom stereocenters. The van der Waals surface area contributed by atoms with Crippen molar-refractivity contribution >= 4 is 11.3 Å². The van der Waals surface area contributed by atoms with Crippen LogP contribution in [-0.2, 0) is 6.42 Å². The van der Waals surface area contributed by atoms with Crippen molar-refractivity contribution in [2.24, 2.45) is 0 Å². The summed E-state index contributed by atoms with van der Waals surface area (Å²) < 4.78 is 1.99. The average molecular weight is 250 g/mol. The van der Waals surface area contributed by atoms with Crippen molar-refractivity contribution < 1.29 is 4.79 Å². The molecule has 3 heteroatoms. The Morgan fingerprint density at radius 1 is 1.21 bits per heavy atom. The first-order valence-corrected chi connectivity index (χ1v) is 6.24. The van der Waals surface area contributed by atoms with Crippen LogP contribution in [0.3, 0.4) is 0 Å². The van der Waals surface area contributed by atoms with Gasteiger partial charge in [-0.1, -0.05) is 30.3 Å². The Hall–Kier alpha value is -2.42. The van der Waals surface area contributed by atoms with Crippen molar-refractivity contribution in [2.75, 3.05) is 0 Å². The van der Waals surface area contributed by atoms with Gasteiger partial charge in [0.25, 0.3) is 0 Å². The number of nitrogens with zero attached hydrogens (tertiary/aromatic N) is 2. The van der Waals surface area contributed by atoms with Crippen LogP contribution in [0.5, 0.6) is 0 Å². The number of carbonyl (C=O) groups is 1. The van der Waals surface area contributed by atoms with Gasteiger partial charge in [0.05, 0.1) is 6.33 Å². The number of hydrogen-bond acceptors (Lipinski definition) is 2. The summed E-state index contributed by atoms with van der Waals surface area (Å²) in [7, 11) is 0. The summed E-state index contributed by atoms with van der Waals surface area (Å²) in [6.07, 6.45) is 4.24. The second-order valence-corrected chi connectivity index (χ2v) is 4.60. The molecule has 1 aromatic carbocycles. The van der Waals surface area contributed by atoms with Crippen molar-refractivity contribution in [2.45, 2.75) is 13.3 Å². The van der Waals surface area contributed by atoms with Crippen molar-refractivity contribution in [3.63, 3.8) is 0 Å². The zero-order chi connectivity index (χ0) is 13.2. The van der Waals surface area contributed by atoms with Gasteiger partial charge in [-0.25, -0.2) is 4.98 Å². The summed E-state index contributed by atoms with van der Waals surface area (Å²) in [6.45, 7) is 1.61. The SMILES string of the molecule is CC(=O)c1cc2ccncn2c1Cc1ccccc1. The first kappa shape index (κ1) is 11.7. The zero-order valence-electron chi connectivity index (χ0n) is 10.7. The van der Waals surface area contributed by atoms with Gasteiger partial charge in [-0.3, -0.25) is 4.79 Å². The molecular weight excluding hydrogens is 236 g/mol. The van der Waals surface area contributed by atoms with Gasteiger partial charge >= 0.3 is 0 Å². The molecular formula is C16H14N2O. The first-order chi connectivity index (χ1) is 9.25. The molecule has 0 saturated heterocycles. The van der Waals surface area contributed by atoms with E-state index in [2.05, 4.69) is 17.1 Å². The molecule has 0 aliphatic carbocycles. The second-order valence-electron chi connectivity index (χ2n) is 4.60. The Bertz CT molecular complexity index is 729. The highest BCUT2D eigenvalue weighted by Gasteiger charge is 2.13. The number of carbonyl (C=O) groups excluding carboxylic acids is 1. The number of rotatable bonds is 3. The molecule has 0 bridgehead atoms. The number of benzene rings is 1. The smallest absolute Gasteiger partial charge is 0.161 e. The molecule has 3 aromatic rings. The lowest BCUT2D eigenvalue weighted by atomic mass is 10.1. The summed E-state index contributed by atoms with van der Waals surface area (Å²) in [4.78, 5) is 15.9. The van der Waals surface area contributed by atoms with Gasteiger partial charge in [-0.15, -0.1) is 0 Å². The lowest BCUT2D eigenvalue weighted by molar-refractivity contribution is 0.101. The van der Waals surface area contributed by atoms with Crippen LogP contribution in [-0.4, -0.2) is 15.2 Å². The quantitative estimate of drug-likeness (QED) is 0.669. The molecule has 19 heavy (non-hydrogen) atoms. The fraction of sp³-hybridized carbons (Fsp3) is 0.125. The van der Waals surface area contributed by atoms with Crippen molar-refractivity contribution in [3.8, 4) is 0 Å². The van der Waals surface area contributed by atoms with Crippen LogP contribution in [0.25, 0.3) is 5.52 Å². The fourth-order valence-electron chi connectivity index (χ4n) is 2.35. The third kappa shape index (κ3) is 2.15. The summed E-state index contributed by atoms with van der Waals surface area (Å²) in [6, 6.07) is 14.0. The van der Waals surface area contributed by atoms with Crippen LogP contribution >= 0.6 is 0 Å². The number of fused-ring (bicyclic) bond motifs is 1. The summed E-state index contributed by atoms with van der Waals surface area (Å²) in [5.41, 5.74) is 3.97. The summed E-state index contributed by atoms with van der Waals surface area (Å²) in [5, 5.41) is 0. The van der Waals surface area contributed by atoms with E-state index in [1.807, 2.05) is 34.7 Å². The minimum absolute atomic E-state index is 0.0923. The van der Waals surface area contributed by atoms with Gasteiger partial charge in [-0.05, 0) is 24.6 Å². The lowest BCUT2D eigenvalue weighted by Crippen LogP contribution is -2.01. The molecule has 2 aromatic heterocycles. The van der Waals surface area contributed by atoms with Crippen molar-refractivity contribution in [1.82, 2.24) is 9.38 Å². The molecule has 0 unspecified atom stereocenters. The second kappa shape index (κ2) is 4.69. The van der Waals surface area contributed by atoms with Crippen LogP contribution in [0.4, 0.5) is 0 Å². The molecule has 94 valence electrons. The molecule has 0 aliphatic heterocycles. The Morgan fingerprint density at radius 3 is 2.74 bits per heavy atom. The number of hydrogen-bond donors (Lipinski definition) is 0. The Morgan fingerprint density at radius 2 is 2.00 bits per heavy atom. The standard InChI is InChI=1S/C16H14N2O/c1-12(19)15-10-14-7-8-17-11-18(14)16(15)9-13-5-3-2-4-6-13/h2-8,10-11H,9H2,1H3. The number of ketones is 1. The first-order valence-electron chi connectivity index (χ1n) is 6.24. The van der Waals surface area contributed by atoms with E-state index in [1.54, 1.807) is 19.4 Å². The van der Waals surface area contributed by atoms with E-state index in [9.17, 15) is 4.79 Å². The highest BCUT2D eigenvalue weighted by atomic mass is 16.1. The highest BCUT2D eigenvalue weighted by Crippen LogP contribution is 2.20. The van der Waals surface area contributed by atoms with Gasteiger partial charge in [-0.2, -0.15) is 0 Å². The molecule has 0 amide bonds. The minimum Gasteiger partial charge on any atom is -0.304 e. The minimum atomic E-state index is 0.0923. The van der Waals surface area contributed by atoms with Gasteiger partial charge in [0.15, 0.2) is 5.78 Å². The van der Waals surface area contributed by atoms with Gasteiger partial charge in [0.1, 0.15) is 0 Å². The van der Waals surface area contributed by atoms with Gasteiger partial charge < -0.3 is 4.40 Å². The normalized spacial score (nSPS) is 10.8. The molecule has 0 N–H and O–H groups in total. The molecule has 0 spiro atoms. The molecule has 3 nitrogen and oxygen atoms in total. The maximum atomic E-state index is 11.8. The molecule has 0 radical (unpaired) electrons. The molecule has 0 fully saturated rings. The van der Waals surface area contributed by atoms with E-state index in [-0.39, 0.29) is 5.78 Å². The van der Waals surface area contributed by atoms with Crippen LogP contribution in [0.1, 0.15) is 28.5 Å². The topological polar surface area (TPSA) is 34.4 Å². The monoisotopic (exact) mass is 250 g/mol. The summed E-state index contributed by atoms with van der Waals surface area (Å²) >= 11 is 0. The van der Waals surface area contributed by atoms with E-state index in [0.717, 1.165) is 23.2 Å². The van der Waals surface area contributed by atoms with E-state index in [1.165, 1.54) is 5.56 Å². The van der Waals surface area contributed by atoms with E-state index < -0.39 is 0 Å². The van der Waals surface area contributed by atoms with Gasteiger partial charge in [0.2, 0.25) is 0 Å². The van der Waals surface area contributed by atoms with E-state index in [0.29, 0.717) is 0 Å². The lowest BCUT2D eigenvalue weighted by Gasteiger charge is -2.05. The third-order valence-corrected chi connectivity index (χ3v) is 3.28. The Labute approximate surface area is 111 Å².